The smallest absolute Gasteiger partial charge is 0.234 e. The fraction of sp³-hybridized carbons (Fsp3) is 0.421. The Balaban J connectivity index is 1.55. The van der Waals surface area contributed by atoms with E-state index in [9.17, 15) is 4.79 Å². The van der Waals surface area contributed by atoms with Crippen molar-refractivity contribution in [1.82, 2.24) is 10.2 Å². The minimum Gasteiger partial charge on any atom is -0.372 e. The number of carbonyl (C=O) groups is 1. The van der Waals surface area contributed by atoms with Crippen molar-refractivity contribution >= 4 is 23.2 Å². The Bertz CT molecular complexity index is 702. The molecule has 0 bridgehead atoms. The molecule has 5 heteroatoms. The molecule has 0 aromatic heterocycles. The van der Waals surface area contributed by atoms with Crippen LogP contribution in [-0.4, -0.2) is 36.6 Å². The van der Waals surface area contributed by atoms with E-state index >= 15 is 0 Å². The number of halogens is 1. The highest BCUT2D eigenvalue weighted by Crippen LogP contribution is 2.43. The van der Waals surface area contributed by atoms with E-state index in [2.05, 4.69) is 22.4 Å². The largest absolute Gasteiger partial charge is 0.372 e. The van der Waals surface area contributed by atoms with Crippen LogP contribution in [0.1, 0.15) is 19.3 Å². The molecule has 1 amide bonds. The molecular weight excluding hydrogens is 322 g/mol. The van der Waals surface area contributed by atoms with E-state index in [-0.39, 0.29) is 17.5 Å². The summed E-state index contributed by atoms with van der Waals surface area (Å²) < 4.78 is 0. The molecule has 1 aromatic carbocycles. The van der Waals surface area contributed by atoms with E-state index in [1.54, 1.807) is 0 Å². The van der Waals surface area contributed by atoms with Crippen molar-refractivity contribution in [1.29, 1.82) is 0 Å². The van der Waals surface area contributed by atoms with Crippen LogP contribution in [-0.2, 0) is 4.79 Å². The summed E-state index contributed by atoms with van der Waals surface area (Å²) >= 11 is 6.32. The van der Waals surface area contributed by atoms with Crippen LogP contribution in [0, 0.1) is 5.41 Å². The van der Waals surface area contributed by atoms with Crippen molar-refractivity contribution in [2.24, 2.45) is 5.41 Å². The molecule has 0 saturated carbocycles. The van der Waals surface area contributed by atoms with E-state index in [4.69, 9.17) is 11.6 Å². The van der Waals surface area contributed by atoms with E-state index in [1.165, 1.54) is 0 Å². The minimum atomic E-state index is -0.270. The van der Waals surface area contributed by atoms with Gasteiger partial charge >= 0.3 is 0 Å². The lowest BCUT2D eigenvalue weighted by molar-refractivity contribution is -0.128. The second kappa shape index (κ2) is 6.26. The van der Waals surface area contributed by atoms with Crippen molar-refractivity contribution in [3.63, 3.8) is 0 Å². The van der Waals surface area contributed by atoms with Gasteiger partial charge in [-0.25, -0.2) is 0 Å². The first-order valence-electron chi connectivity index (χ1n) is 8.60. The summed E-state index contributed by atoms with van der Waals surface area (Å²) in [7, 11) is 0. The Morgan fingerprint density at radius 2 is 2.04 bits per heavy atom. The van der Waals surface area contributed by atoms with Gasteiger partial charge in [0.15, 0.2) is 0 Å². The van der Waals surface area contributed by atoms with E-state index in [0.717, 1.165) is 44.6 Å². The number of piperidine rings is 1. The normalized spacial score (nSPS) is 30.1. The van der Waals surface area contributed by atoms with Gasteiger partial charge in [0, 0.05) is 19.6 Å². The number of carbonyl (C=O) groups excluding carboxylic acids is 1. The van der Waals surface area contributed by atoms with E-state index in [0.29, 0.717) is 5.02 Å². The summed E-state index contributed by atoms with van der Waals surface area (Å²) in [5.74, 6) is 0.232. The molecule has 3 aliphatic heterocycles. The Morgan fingerprint density at radius 1 is 1.17 bits per heavy atom. The van der Waals surface area contributed by atoms with Gasteiger partial charge in [-0.3, -0.25) is 9.69 Å². The number of likely N-dealkylation sites (tertiary alicyclic amines) is 1. The van der Waals surface area contributed by atoms with Gasteiger partial charge in [0.25, 0.3) is 0 Å². The first kappa shape index (κ1) is 15.7. The second-order valence-corrected chi connectivity index (χ2v) is 7.28. The van der Waals surface area contributed by atoms with Crippen LogP contribution < -0.4 is 10.2 Å². The summed E-state index contributed by atoms with van der Waals surface area (Å²) in [5, 5.41) is 4.03. The Morgan fingerprint density at radius 3 is 2.83 bits per heavy atom. The predicted octanol–water partition coefficient (Wildman–Crippen LogP) is 3.16. The zero-order valence-corrected chi connectivity index (χ0v) is 14.4. The number of nitrogens with one attached hydrogen (secondary N) is 1. The van der Waals surface area contributed by atoms with Gasteiger partial charge in [0.2, 0.25) is 5.91 Å². The lowest BCUT2D eigenvalue weighted by Gasteiger charge is -2.42. The standard InChI is InChI=1S/C19H22ClN3O/c20-15-6-1-2-7-16(15)23-13-10-19(18(23)24)9-5-12-22(14-19)17-8-3-4-11-21-17/h1-4,6-8,11,17,21H,5,9-10,12-14H2/t17?,19-/m1/s1. The van der Waals surface area contributed by atoms with Crippen molar-refractivity contribution in [3.8, 4) is 0 Å². The third-order valence-corrected chi connectivity index (χ3v) is 5.74. The number of allylic oxidation sites excluding steroid dienone is 2. The first-order valence-corrected chi connectivity index (χ1v) is 8.97. The van der Waals surface area contributed by atoms with Gasteiger partial charge in [-0.15, -0.1) is 0 Å². The maximum Gasteiger partial charge on any atom is 0.234 e. The SMILES string of the molecule is O=C1N(c2ccccc2Cl)CC[C@@]12CCCN(C1C=CC=CN1)C2. The van der Waals surface area contributed by atoms with Gasteiger partial charge in [-0.2, -0.15) is 0 Å². The molecule has 1 N–H and O–H groups in total. The number of anilines is 1. The average molecular weight is 344 g/mol. The lowest BCUT2D eigenvalue weighted by atomic mass is 9.78. The first-order chi connectivity index (χ1) is 11.7. The highest BCUT2D eigenvalue weighted by atomic mass is 35.5. The van der Waals surface area contributed by atoms with Crippen LogP contribution in [0.3, 0.4) is 0 Å². The number of benzene rings is 1. The zero-order valence-electron chi connectivity index (χ0n) is 13.6. The van der Waals surface area contributed by atoms with Crippen LogP contribution in [0.5, 0.6) is 0 Å². The second-order valence-electron chi connectivity index (χ2n) is 6.87. The highest BCUT2D eigenvalue weighted by Gasteiger charge is 2.50. The van der Waals surface area contributed by atoms with E-state index < -0.39 is 0 Å². The quantitative estimate of drug-likeness (QED) is 0.896. The Hall–Kier alpha value is -1.78. The van der Waals surface area contributed by atoms with Crippen molar-refractivity contribution < 1.29 is 4.79 Å². The van der Waals surface area contributed by atoms with Crippen LogP contribution in [0.25, 0.3) is 0 Å². The summed E-state index contributed by atoms with van der Waals surface area (Å²) in [6, 6.07) is 7.64. The van der Waals surface area contributed by atoms with Crippen molar-refractivity contribution in [2.45, 2.75) is 25.4 Å². The summed E-state index contributed by atoms with van der Waals surface area (Å²) in [4.78, 5) is 17.5. The monoisotopic (exact) mass is 343 g/mol. The molecule has 126 valence electrons. The molecular formula is C19H22ClN3O. The third kappa shape index (κ3) is 2.64. The molecule has 0 radical (unpaired) electrons. The highest BCUT2D eigenvalue weighted by molar-refractivity contribution is 6.34. The molecule has 4 rings (SSSR count). The summed E-state index contributed by atoms with van der Waals surface area (Å²) in [5.41, 5.74) is 0.575. The molecule has 0 aliphatic carbocycles. The Kier molecular flexibility index (Phi) is 4.10. The fourth-order valence-corrected chi connectivity index (χ4v) is 4.40. The molecule has 3 heterocycles. The van der Waals surface area contributed by atoms with E-state index in [1.807, 2.05) is 41.4 Å². The number of hydrogen-bond acceptors (Lipinski definition) is 3. The van der Waals surface area contributed by atoms with Gasteiger partial charge in [0.1, 0.15) is 0 Å². The van der Waals surface area contributed by atoms with Gasteiger partial charge < -0.3 is 10.2 Å². The van der Waals surface area contributed by atoms with Crippen molar-refractivity contribution in [2.75, 3.05) is 24.5 Å². The fourth-order valence-electron chi connectivity index (χ4n) is 4.17. The van der Waals surface area contributed by atoms with Crippen LogP contribution in [0.4, 0.5) is 5.69 Å². The van der Waals surface area contributed by atoms with Crippen molar-refractivity contribution in [3.05, 3.63) is 53.7 Å². The Labute approximate surface area is 147 Å². The molecule has 1 aromatic rings. The van der Waals surface area contributed by atoms with Gasteiger partial charge in [-0.1, -0.05) is 29.8 Å². The lowest BCUT2D eigenvalue weighted by Crippen LogP contribution is -2.54. The van der Waals surface area contributed by atoms with Crippen LogP contribution in [0.2, 0.25) is 5.02 Å². The summed E-state index contributed by atoms with van der Waals surface area (Å²) in [6.07, 6.45) is 11.3. The predicted molar refractivity (Wildman–Crippen MR) is 96.9 cm³/mol. The van der Waals surface area contributed by atoms with Gasteiger partial charge in [-0.05, 0) is 49.7 Å². The maximum atomic E-state index is 13.3. The molecule has 4 nitrogen and oxygen atoms in total. The van der Waals surface area contributed by atoms with Gasteiger partial charge in [0.05, 0.1) is 22.3 Å². The number of amides is 1. The number of para-hydroxylation sites is 1. The number of hydrogen-bond donors (Lipinski definition) is 1. The van der Waals surface area contributed by atoms with Crippen LogP contribution in [0.15, 0.2) is 48.7 Å². The number of nitrogens with zero attached hydrogens (tertiary/aromatic N) is 2. The molecule has 24 heavy (non-hydrogen) atoms. The third-order valence-electron chi connectivity index (χ3n) is 5.42. The maximum absolute atomic E-state index is 13.3. The average Bonchev–Trinajstić information content (AvgIpc) is 2.92. The number of dihydropyridines is 1. The molecule has 2 atom stereocenters. The summed E-state index contributed by atoms with van der Waals surface area (Å²) in [6.45, 7) is 2.59. The molecule has 2 saturated heterocycles. The molecule has 2 fully saturated rings. The molecule has 1 unspecified atom stereocenters. The number of rotatable bonds is 2. The topological polar surface area (TPSA) is 35.6 Å². The molecule has 1 spiro atoms. The zero-order chi connectivity index (χ0) is 16.6. The molecule has 3 aliphatic rings. The van der Waals surface area contributed by atoms with Crippen LogP contribution >= 0.6 is 11.6 Å². The minimum absolute atomic E-state index is 0.189.